The Morgan fingerprint density at radius 1 is 1.25 bits per heavy atom. The van der Waals surface area contributed by atoms with Crippen LogP contribution < -0.4 is 10.6 Å². The van der Waals surface area contributed by atoms with Crippen molar-refractivity contribution >= 4 is 29.9 Å². The lowest BCUT2D eigenvalue weighted by Crippen LogP contribution is -2.37. The quantitative estimate of drug-likeness (QED) is 0.382. The van der Waals surface area contributed by atoms with Gasteiger partial charge in [-0.25, -0.2) is 4.99 Å². The molecular weight excluding hydrogens is 421 g/mol. The second-order valence-corrected chi connectivity index (χ2v) is 5.14. The maximum absolute atomic E-state index is 5.38. The van der Waals surface area contributed by atoms with Crippen LogP contribution in [0.2, 0.25) is 0 Å². The SMILES string of the molecule is CCNC(=NCc1c(CC)noc1CC)NCc1nncn1C.I. The molecule has 0 saturated carbocycles. The highest BCUT2D eigenvalue weighted by atomic mass is 127. The van der Waals surface area contributed by atoms with Gasteiger partial charge < -0.3 is 19.7 Å². The van der Waals surface area contributed by atoms with Crippen LogP contribution >= 0.6 is 24.0 Å². The van der Waals surface area contributed by atoms with E-state index in [2.05, 4.69) is 44.8 Å². The summed E-state index contributed by atoms with van der Waals surface area (Å²) in [6, 6.07) is 0. The Morgan fingerprint density at radius 3 is 2.62 bits per heavy atom. The van der Waals surface area contributed by atoms with E-state index in [0.29, 0.717) is 13.1 Å². The standard InChI is InChI=1S/C15H25N7O.HI/c1-5-12-11(13(6-2)23-21-12)8-17-15(16-7-3)18-9-14-20-19-10-22(14)4;/h10H,5-9H2,1-4H3,(H2,16,17,18);1H. The van der Waals surface area contributed by atoms with Crippen molar-refractivity contribution in [1.29, 1.82) is 0 Å². The molecule has 2 aromatic rings. The highest BCUT2D eigenvalue weighted by Gasteiger charge is 2.13. The van der Waals surface area contributed by atoms with E-state index in [0.717, 1.165) is 48.2 Å². The molecule has 24 heavy (non-hydrogen) atoms. The second kappa shape index (κ2) is 10.3. The lowest BCUT2D eigenvalue weighted by molar-refractivity contribution is 0.380. The minimum absolute atomic E-state index is 0. The van der Waals surface area contributed by atoms with E-state index >= 15 is 0 Å². The molecule has 2 rings (SSSR count). The predicted octanol–water partition coefficient (Wildman–Crippen LogP) is 1.80. The molecule has 0 bridgehead atoms. The molecule has 0 aliphatic heterocycles. The normalized spacial score (nSPS) is 11.2. The number of hydrogen-bond donors (Lipinski definition) is 2. The number of rotatable bonds is 7. The average Bonchev–Trinajstić information content (AvgIpc) is 3.15. The largest absolute Gasteiger partial charge is 0.361 e. The number of nitrogens with zero attached hydrogens (tertiary/aromatic N) is 5. The number of hydrogen-bond acceptors (Lipinski definition) is 5. The fraction of sp³-hybridized carbons (Fsp3) is 0.600. The molecule has 0 unspecified atom stereocenters. The van der Waals surface area contributed by atoms with Gasteiger partial charge in [-0.3, -0.25) is 0 Å². The molecule has 134 valence electrons. The molecule has 8 nitrogen and oxygen atoms in total. The first-order valence-corrected chi connectivity index (χ1v) is 8.00. The summed E-state index contributed by atoms with van der Waals surface area (Å²) >= 11 is 0. The van der Waals surface area contributed by atoms with Crippen LogP contribution in [0.5, 0.6) is 0 Å². The molecule has 2 N–H and O–H groups in total. The molecule has 0 saturated heterocycles. The van der Waals surface area contributed by atoms with E-state index in [-0.39, 0.29) is 24.0 Å². The summed E-state index contributed by atoms with van der Waals surface area (Å²) in [5, 5.41) is 18.5. The van der Waals surface area contributed by atoms with Crippen molar-refractivity contribution < 1.29 is 4.52 Å². The maximum Gasteiger partial charge on any atom is 0.191 e. The lowest BCUT2D eigenvalue weighted by atomic mass is 10.1. The van der Waals surface area contributed by atoms with Crippen LogP contribution in [0.15, 0.2) is 15.8 Å². The number of nitrogens with one attached hydrogen (secondary N) is 2. The van der Waals surface area contributed by atoms with Gasteiger partial charge in [0.05, 0.1) is 18.8 Å². The number of halogens is 1. The van der Waals surface area contributed by atoms with Gasteiger partial charge in [0.1, 0.15) is 12.1 Å². The topological polar surface area (TPSA) is 93.2 Å². The fourth-order valence-corrected chi connectivity index (χ4v) is 2.25. The third-order valence-corrected chi connectivity index (χ3v) is 3.57. The summed E-state index contributed by atoms with van der Waals surface area (Å²) < 4.78 is 7.26. The van der Waals surface area contributed by atoms with Crippen LogP contribution in [-0.4, -0.2) is 32.4 Å². The van der Waals surface area contributed by atoms with Crippen molar-refractivity contribution in [1.82, 2.24) is 30.6 Å². The van der Waals surface area contributed by atoms with E-state index < -0.39 is 0 Å². The van der Waals surface area contributed by atoms with Crippen molar-refractivity contribution in [3.05, 3.63) is 29.2 Å². The van der Waals surface area contributed by atoms with Crippen LogP contribution in [0.1, 0.15) is 43.6 Å². The lowest BCUT2D eigenvalue weighted by Gasteiger charge is -2.11. The first-order chi connectivity index (χ1) is 11.2. The highest BCUT2D eigenvalue weighted by molar-refractivity contribution is 14.0. The van der Waals surface area contributed by atoms with Gasteiger partial charge in [-0.15, -0.1) is 34.2 Å². The predicted molar refractivity (Wildman–Crippen MR) is 103 cm³/mol. The Kier molecular flexibility index (Phi) is 8.72. The first-order valence-electron chi connectivity index (χ1n) is 8.00. The Morgan fingerprint density at radius 2 is 2.04 bits per heavy atom. The van der Waals surface area contributed by atoms with Crippen LogP contribution in [0.25, 0.3) is 0 Å². The van der Waals surface area contributed by atoms with Crippen LogP contribution in [0, 0.1) is 0 Å². The summed E-state index contributed by atoms with van der Waals surface area (Å²) in [4.78, 5) is 4.64. The molecule has 0 aliphatic carbocycles. The zero-order valence-electron chi connectivity index (χ0n) is 14.7. The highest BCUT2D eigenvalue weighted by Crippen LogP contribution is 2.16. The maximum atomic E-state index is 5.38. The van der Waals surface area contributed by atoms with Crippen molar-refractivity contribution in [2.24, 2.45) is 12.0 Å². The molecule has 0 atom stereocenters. The summed E-state index contributed by atoms with van der Waals surface area (Å²) in [6.07, 6.45) is 3.34. The Balaban J connectivity index is 0.00000288. The second-order valence-electron chi connectivity index (χ2n) is 5.14. The average molecular weight is 447 g/mol. The molecule has 0 radical (unpaired) electrons. The van der Waals surface area contributed by atoms with Crippen LogP contribution in [-0.2, 0) is 33.0 Å². The van der Waals surface area contributed by atoms with Gasteiger partial charge in [0, 0.05) is 25.6 Å². The first kappa shape index (κ1) is 20.4. The van der Waals surface area contributed by atoms with Crippen molar-refractivity contribution in [2.75, 3.05) is 6.54 Å². The van der Waals surface area contributed by atoms with Gasteiger partial charge in [-0.05, 0) is 13.3 Å². The molecule has 0 amide bonds. The third-order valence-electron chi connectivity index (χ3n) is 3.57. The van der Waals surface area contributed by atoms with Gasteiger partial charge >= 0.3 is 0 Å². The summed E-state index contributed by atoms with van der Waals surface area (Å²) in [6.45, 7) is 8.06. The van der Waals surface area contributed by atoms with Gasteiger partial charge in [-0.1, -0.05) is 19.0 Å². The molecule has 2 heterocycles. The van der Waals surface area contributed by atoms with E-state index in [1.165, 1.54) is 0 Å². The molecule has 0 aliphatic rings. The van der Waals surface area contributed by atoms with Crippen molar-refractivity contribution in [2.45, 2.75) is 46.7 Å². The van der Waals surface area contributed by atoms with Crippen LogP contribution in [0.3, 0.4) is 0 Å². The van der Waals surface area contributed by atoms with Gasteiger partial charge in [-0.2, -0.15) is 0 Å². The monoisotopic (exact) mass is 447 g/mol. The van der Waals surface area contributed by atoms with Gasteiger partial charge in [0.15, 0.2) is 11.8 Å². The van der Waals surface area contributed by atoms with Gasteiger partial charge in [0.25, 0.3) is 0 Å². The molecule has 0 aromatic carbocycles. The minimum atomic E-state index is 0. The van der Waals surface area contributed by atoms with E-state index in [9.17, 15) is 0 Å². The van der Waals surface area contributed by atoms with Gasteiger partial charge in [0.2, 0.25) is 0 Å². The summed E-state index contributed by atoms with van der Waals surface area (Å²) in [5.41, 5.74) is 2.07. The summed E-state index contributed by atoms with van der Waals surface area (Å²) in [5.74, 6) is 2.50. The minimum Gasteiger partial charge on any atom is -0.361 e. The van der Waals surface area contributed by atoms with E-state index in [1.807, 2.05) is 18.5 Å². The zero-order chi connectivity index (χ0) is 16.7. The Labute approximate surface area is 159 Å². The van der Waals surface area contributed by atoms with Crippen molar-refractivity contribution in [3.63, 3.8) is 0 Å². The number of aryl methyl sites for hydroxylation is 3. The molecular formula is C15H26IN7O. The third kappa shape index (κ3) is 5.18. The Hall–Kier alpha value is -1.65. The zero-order valence-corrected chi connectivity index (χ0v) is 17.0. The fourth-order valence-electron chi connectivity index (χ4n) is 2.25. The number of guanidine groups is 1. The number of aromatic nitrogens is 4. The molecule has 2 aromatic heterocycles. The summed E-state index contributed by atoms with van der Waals surface area (Å²) in [7, 11) is 1.92. The van der Waals surface area contributed by atoms with Crippen LogP contribution in [0.4, 0.5) is 0 Å². The van der Waals surface area contributed by atoms with Crippen molar-refractivity contribution in [3.8, 4) is 0 Å². The molecule has 0 spiro atoms. The molecule has 0 fully saturated rings. The number of aliphatic imine (C=N–C) groups is 1. The van der Waals surface area contributed by atoms with E-state index in [4.69, 9.17) is 4.52 Å². The Bertz CT molecular complexity index is 629. The van der Waals surface area contributed by atoms with E-state index in [1.54, 1.807) is 6.33 Å². The smallest absolute Gasteiger partial charge is 0.191 e. The molecule has 9 heteroatoms.